The number of benzene rings is 2. The lowest BCUT2D eigenvalue weighted by Crippen LogP contribution is -2.05. The molecule has 0 bridgehead atoms. The monoisotopic (exact) mass is 296 g/mol. The van der Waals surface area contributed by atoms with Crippen LogP contribution in [0.5, 0.6) is 11.5 Å². The van der Waals surface area contributed by atoms with Gasteiger partial charge in [-0.3, -0.25) is 4.79 Å². The van der Waals surface area contributed by atoms with Gasteiger partial charge in [0.05, 0.1) is 6.10 Å². The number of fused-ring (bicyclic) bond motifs is 1. The standard InChI is InChI=1S/C19H20O3/c1-13(2)22-15-8-6-14(7-9-15)12-21-19-5-3-4-16-17(19)10-11-18(16)20/h3-9,13H,10-12H2,1-2H3. The van der Waals surface area contributed by atoms with Crippen molar-refractivity contribution in [2.45, 2.75) is 39.4 Å². The van der Waals surface area contributed by atoms with Crippen molar-refractivity contribution >= 4 is 5.78 Å². The molecule has 0 unspecified atom stereocenters. The second-order valence-electron chi connectivity index (χ2n) is 5.80. The molecule has 0 atom stereocenters. The van der Waals surface area contributed by atoms with Gasteiger partial charge >= 0.3 is 0 Å². The summed E-state index contributed by atoms with van der Waals surface area (Å²) in [5, 5.41) is 0. The Morgan fingerprint density at radius 3 is 2.55 bits per heavy atom. The number of carbonyl (C=O) groups is 1. The van der Waals surface area contributed by atoms with E-state index in [9.17, 15) is 4.79 Å². The van der Waals surface area contributed by atoms with Crippen molar-refractivity contribution in [3.05, 3.63) is 59.2 Å². The van der Waals surface area contributed by atoms with E-state index in [1.807, 2.05) is 56.3 Å². The molecule has 1 aliphatic carbocycles. The molecule has 0 aliphatic heterocycles. The zero-order valence-electron chi connectivity index (χ0n) is 13.0. The van der Waals surface area contributed by atoms with Gasteiger partial charge < -0.3 is 9.47 Å². The lowest BCUT2D eigenvalue weighted by Gasteiger charge is -2.12. The maximum absolute atomic E-state index is 11.7. The summed E-state index contributed by atoms with van der Waals surface area (Å²) >= 11 is 0. The fraction of sp³-hybridized carbons (Fsp3) is 0.316. The third-order valence-electron chi connectivity index (χ3n) is 3.72. The summed E-state index contributed by atoms with van der Waals surface area (Å²) in [5.41, 5.74) is 2.95. The maximum atomic E-state index is 11.7. The Morgan fingerprint density at radius 1 is 1.05 bits per heavy atom. The highest BCUT2D eigenvalue weighted by Gasteiger charge is 2.22. The summed E-state index contributed by atoms with van der Waals surface area (Å²) in [5.74, 6) is 1.91. The number of Topliss-reactive ketones (excluding diaryl/α,β-unsaturated/α-hetero) is 1. The first-order valence-electron chi connectivity index (χ1n) is 7.67. The molecule has 0 spiro atoms. The van der Waals surface area contributed by atoms with Crippen LogP contribution in [0.3, 0.4) is 0 Å². The van der Waals surface area contributed by atoms with Crippen LogP contribution in [-0.4, -0.2) is 11.9 Å². The Labute approximate surface area is 130 Å². The number of rotatable bonds is 5. The topological polar surface area (TPSA) is 35.5 Å². The average molecular weight is 296 g/mol. The second kappa shape index (κ2) is 6.22. The Bertz CT molecular complexity index is 672. The molecule has 0 heterocycles. The van der Waals surface area contributed by atoms with E-state index in [0.717, 1.165) is 34.6 Å². The van der Waals surface area contributed by atoms with E-state index in [1.54, 1.807) is 0 Å². The van der Waals surface area contributed by atoms with Crippen molar-refractivity contribution < 1.29 is 14.3 Å². The number of hydrogen-bond donors (Lipinski definition) is 0. The van der Waals surface area contributed by atoms with Crippen LogP contribution >= 0.6 is 0 Å². The van der Waals surface area contributed by atoms with E-state index in [4.69, 9.17) is 9.47 Å². The zero-order chi connectivity index (χ0) is 15.5. The van der Waals surface area contributed by atoms with Gasteiger partial charge in [-0.2, -0.15) is 0 Å². The summed E-state index contributed by atoms with van der Waals surface area (Å²) in [7, 11) is 0. The van der Waals surface area contributed by atoms with Crippen molar-refractivity contribution in [3.8, 4) is 11.5 Å². The first-order valence-corrected chi connectivity index (χ1v) is 7.67. The van der Waals surface area contributed by atoms with E-state index in [1.165, 1.54) is 0 Å². The summed E-state index contributed by atoms with van der Waals surface area (Å²) < 4.78 is 11.5. The normalized spacial score (nSPS) is 13.3. The van der Waals surface area contributed by atoms with Crippen molar-refractivity contribution in [3.63, 3.8) is 0 Å². The van der Waals surface area contributed by atoms with E-state index < -0.39 is 0 Å². The molecule has 3 rings (SSSR count). The lowest BCUT2D eigenvalue weighted by molar-refractivity contribution is 0.0994. The molecular weight excluding hydrogens is 276 g/mol. The molecule has 2 aromatic carbocycles. The SMILES string of the molecule is CC(C)Oc1ccc(COc2cccc3c2CCC3=O)cc1. The van der Waals surface area contributed by atoms with E-state index in [2.05, 4.69) is 0 Å². The maximum Gasteiger partial charge on any atom is 0.163 e. The van der Waals surface area contributed by atoms with Gasteiger partial charge in [-0.15, -0.1) is 0 Å². The molecule has 3 nitrogen and oxygen atoms in total. The van der Waals surface area contributed by atoms with Gasteiger partial charge in [-0.1, -0.05) is 24.3 Å². The lowest BCUT2D eigenvalue weighted by atomic mass is 10.1. The van der Waals surface area contributed by atoms with Gasteiger partial charge in [0.15, 0.2) is 5.78 Å². The molecule has 114 valence electrons. The first kappa shape index (κ1) is 14.6. The van der Waals surface area contributed by atoms with E-state index in [-0.39, 0.29) is 11.9 Å². The van der Waals surface area contributed by atoms with Gasteiger partial charge in [-0.25, -0.2) is 0 Å². The minimum Gasteiger partial charge on any atom is -0.491 e. The molecule has 0 aromatic heterocycles. The highest BCUT2D eigenvalue weighted by molar-refractivity contribution is 6.01. The first-order chi connectivity index (χ1) is 10.6. The van der Waals surface area contributed by atoms with Gasteiger partial charge in [0.1, 0.15) is 18.1 Å². The molecule has 2 aromatic rings. The summed E-state index contributed by atoms with van der Waals surface area (Å²) in [6.07, 6.45) is 1.55. The average Bonchev–Trinajstić information content (AvgIpc) is 2.88. The minimum absolute atomic E-state index is 0.173. The van der Waals surface area contributed by atoms with Crippen molar-refractivity contribution in [2.24, 2.45) is 0 Å². The van der Waals surface area contributed by atoms with Crippen LogP contribution in [0.2, 0.25) is 0 Å². The predicted octanol–water partition coefficient (Wildman–Crippen LogP) is 4.18. The van der Waals surface area contributed by atoms with Crippen LogP contribution in [0.1, 0.15) is 41.8 Å². The summed E-state index contributed by atoms with van der Waals surface area (Å²) in [6.45, 7) is 4.51. The number of carbonyl (C=O) groups excluding carboxylic acids is 1. The molecule has 0 saturated carbocycles. The fourth-order valence-corrected chi connectivity index (χ4v) is 2.69. The van der Waals surface area contributed by atoms with Gasteiger partial charge in [0.2, 0.25) is 0 Å². The fourth-order valence-electron chi connectivity index (χ4n) is 2.69. The summed E-state index contributed by atoms with van der Waals surface area (Å²) in [6, 6.07) is 13.6. The Kier molecular flexibility index (Phi) is 4.14. The van der Waals surface area contributed by atoms with Gasteiger partial charge in [-0.05, 0) is 44.0 Å². The van der Waals surface area contributed by atoms with Gasteiger partial charge in [0, 0.05) is 17.5 Å². The van der Waals surface area contributed by atoms with E-state index in [0.29, 0.717) is 13.0 Å². The Morgan fingerprint density at radius 2 is 1.82 bits per heavy atom. The molecule has 0 saturated heterocycles. The molecule has 0 N–H and O–H groups in total. The van der Waals surface area contributed by atoms with E-state index >= 15 is 0 Å². The quantitative estimate of drug-likeness (QED) is 0.830. The molecule has 0 fully saturated rings. The van der Waals surface area contributed by atoms with Crippen LogP contribution < -0.4 is 9.47 Å². The number of ketones is 1. The Hall–Kier alpha value is -2.29. The highest BCUT2D eigenvalue weighted by Crippen LogP contribution is 2.31. The largest absolute Gasteiger partial charge is 0.491 e. The Balaban J connectivity index is 1.67. The van der Waals surface area contributed by atoms with Crippen molar-refractivity contribution in [1.29, 1.82) is 0 Å². The molecule has 22 heavy (non-hydrogen) atoms. The molecule has 0 radical (unpaired) electrons. The predicted molar refractivity (Wildman–Crippen MR) is 85.6 cm³/mol. The van der Waals surface area contributed by atoms with Crippen molar-refractivity contribution in [1.82, 2.24) is 0 Å². The zero-order valence-corrected chi connectivity index (χ0v) is 13.0. The van der Waals surface area contributed by atoms with Crippen LogP contribution in [-0.2, 0) is 13.0 Å². The van der Waals surface area contributed by atoms with Gasteiger partial charge in [0.25, 0.3) is 0 Å². The molecule has 1 aliphatic rings. The molecule has 3 heteroatoms. The third kappa shape index (κ3) is 3.14. The highest BCUT2D eigenvalue weighted by atomic mass is 16.5. The molecular formula is C19H20O3. The van der Waals surface area contributed by atoms with Crippen molar-refractivity contribution in [2.75, 3.05) is 0 Å². The number of ether oxygens (including phenoxy) is 2. The third-order valence-corrected chi connectivity index (χ3v) is 3.72. The van der Waals surface area contributed by atoms with Crippen LogP contribution in [0, 0.1) is 0 Å². The van der Waals surface area contributed by atoms with Crippen LogP contribution in [0.25, 0.3) is 0 Å². The second-order valence-corrected chi connectivity index (χ2v) is 5.80. The smallest absolute Gasteiger partial charge is 0.163 e. The summed E-state index contributed by atoms with van der Waals surface area (Å²) in [4.78, 5) is 11.7. The molecule has 0 amide bonds. The van der Waals surface area contributed by atoms with Crippen LogP contribution in [0.15, 0.2) is 42.5 Å². The van der Waals surface area contributed by atoms with Crippen LogP contribution in [0.4, 0.5) is 0 Å². The minimum atomic E-state index is 0.173. The number of hydrogen-bond acceptors (Lipinski definition) is 3.